The van der Waals surface area contributed by atoms with E-state index in [2.05, 4.69) is 4.99 Å². The highest BCUT2D eigenvalue weighted by Crippen LogP contribution is 2.09. The van der Waals surface area contributed by atoms with Crippen molar-refractivity contribution >= 4 is 12.5 Å². The van der Waals surface area contributed by atoms with Gasteiger partial charge in [0.05, 0.1) is 13.1 Å². The first-order valence-corrected chi connectivity index (χ1v) is 4.15. The van der Waals surface area contributed by atoms with Gasteiger partial charge in [0.15, 0.2) is 0 Å². The number of hydroxylamine groups is 2. The number of nitrogens with zero attached hydrogens (tertiary/aromatic N) is 2. The van der Waals surface area contributed by atoms with Crippen LogP contribution in [0, 0.1) is 0 Å². The maximum Gasteiger partial charge on any atom is 0.533 e. The monoisotopic (exact) mass is 186 g/mol. The highest BCUT2D eigenvalue weighted by Gasteiger charge is 2.20. The third-order valence-corrected chi connectivity index (χ3v) is 1.24. The van der Waals surface area contributed by atoms with E-state index in [0.29, 0.717) is 13.1 Å². The highest BCUT2D eigenvalue weighted by atomic mass is 16.8. The lowest BCUT2D eigenvalue weighted by atomic mass is 10.2. The molecular formula is C8H14N2O3. The van der Waals surface area contributed by atoms with Crippen LogP contribution >= 0.6 is 0 Å². The van der Waals surface area contributed by atoms with Crippen LogP contribution in [0.15, 0.2) is 4.99 Å². The molecule has 13 heavy (non-hydrogen) atoms. The van der Waals surface area contributed by atoms with Crippen molar-refractivity contribution in [3.8, 4) is 0 Å². The number of rotatable bonds is 1. The van der Waals surface area contributed by atoms with Gasteiger partial charge in [-0.05, 0) is 20.8 Å². The van der Waals surface area contributed by atoms with Crippen LogP contribution in [-0.4, -0.2) is 36.2 Å². The Bertz CT molecular complexity index is 220. The van der Waals surface area contributed by atoms with Gasteiger partial charge in [0.2, 0.25) is 0 Å². The van der Waals surface area contributed by atoms with Crippen molar-refractivity contribution in [2.45, 2.75) is 26.4 Å². The van der Waals surface area contributed by atoms with E-state index in [9.17, 15) is 4.79 Å². The second-order valence-electron chi connectivity index (χ2n) is 3.72. The van der Waals surface area contributed by atoms with Crippen molar-refractivity contribution in [1.29, 1.82) is 0 Å². The molecule has 0 atom stereocenters. The lowest BCUT2D eigenvalue weighted by Crippen LogP contribution is -2.30. The highest BCUT2D eigenvalue weighted by molar-refractivity contribution is 5.64. The van der Waals surface area contributed by atoms with Crippen LogP contribution in [0.5, 0.6) is 0 Å². The van der Waals surface area contributed by atoms with E-state index in [1.54, 1.807) is 20.8 Å². The zero-order valence-electron chi connectivity index (χ0n) is 8.11. The molecule has 0 aromatic heterocycles. The smallest absolute Gasteiger partial charge is 0.427 e. The Morgan fingerprint density at radius 3 is 2.69 bits per heavy atom. The normalized spacial score (nSPS) is 16.1. The van der Waals surface area contributed by atoms with Crippen molar-refractivity contribution in [2.75, 3.05) is 13.1 Å². The first kappa shape index (κ1) is 9.83. The molecule has 5 heteroatoms. The molecule has 1 aliphatic heterocycles. The molecule has 0 aliphatic carbocycles. The zero-order valence-corrected chi connectivity index (χ0v) is 8.11. The molecule has 0 amide bonds. The first-order valence-electron chi connectivity index (χ1n) is 4.15. The summed E-state index contributed by atoms with van der Waals surface area (Å²) in [6.45, 7) is 6.60. The van der Waals surface area contributed by atoms with E-state index < -0.39 is 11.8 Å². The molecule has 1 aliphatic rings. The Labute approximate surface area is 77.3 Å². The quantitative estimate of drug-likeness (QED) is 0.577. The summed E-state index contributed by atoms with van der Waals surface area (Å²) in [6, 6.07) is 0. The van der Waals surface area contributed by atoms with Crippen LogP contribution in [0.3, 0.4) is 0 Å². The van der Waals surface area contributed by atoms with Gasteiger partial charge in [0.1, 0.15) is 11.9 Å². The van der Waals surface area contributed by atoms with Crippen LogP contribution in [0.25, 0.3) is 0 Å². The van der Waals surface area contributed by atoms with Crippen molar-refractivity contribution in [3.05, 3.63) is 0 Å². The van der Waals surface area contributed by atoms with Crippen molar-refractivity contribution < 1.29 is 14.4 Å². The molecule has 0 aromatic carbocycles. The molecular weight excluding hydrogens is 172 g/mol. The van der Waals surface area contributed by atoms with Gasteiger partial charge in [0, 0.05) is 0 Å². The van der Waals surface area contributed by atoms with Crippen molar-refractivity contribution in [1.82, 2.24) is 5.06 Å². The number of hydrogen-bond acceptors (Lipinski definition) is 5. The fraction of sp³-hybridized carbons (Fsp3) is 0.750. The topological polar surface area (TPSA) is 51.1 Å². The molecule has 0 N–H and O–H groups in total. The molecule has 1 rings (SSSR count). The van der Waals surface area contributed by atoms with Crippen LogP contribution in [0.1, 0.15) is 20.8 Å². The first-order chi connectivity index (χ1) is 5.97. The predicted molar refractivity (Wildman–Crippen MR) is 47.4 cm³/mol. The number of ether oxygens (including phenoxy) is 1. The zero-order chi connectivity index (χ0) is 9.90. The fourth-order valence-electron chi connectivity index (χ4n) is 0.796. The largest absolute Gasteiger partial charge is 0.533 e. The number of carbonyl (C=O) groups excluding carboxylic acids is 1. The third kappa shape index (κ3) is 3.78. The average Bonchev–Trinajstić information content (AvgIpc) is 2.34. The van der Waals surface area contributed by atoms with Gasteiger partial charge < -0.3 is 9.57 Å². The van der Waals surface area contributed by atoms with Crippen molar-refractivity contribution in [2.24, 2.45) is 4.99 Å². The van der Waals surface area contributed by atoms with Gasteiger partial charge in [-0.15, -0.1) is 0 Å². The molecule has 74 valence electrons. The Morgan fingerprint density at radius 1 is 1.54 bits per heavy atom. The molecule has 5 nitrogen and oxygen atoms in total. The minimum Gasteiger partial charge on any atom is -0.427 e. The van der Waals surface area contributed by atoms with E-state index in [1.807, 2.05) is 0 Å². The summed E-state index contributed by atoms with van der Waals surface area (Å²) in [5.41, 5.74) is -0.520. The Kier molecular flexibility index (Phi) is 2.75. The molecule has 0 saturated carbocycles. The second-order valence-corrected chi connectivity index (χ2v) is 3.72. The summed E-state index contributed by atoms with van der Waals surface area (Å²) >= 11 is 0. The average molecular weight is 186 g/mol. The number of carbonyl (C=O) groups is 1. The van der Waals surface area contributed by atoms with Gasteiger partial charge in [-0.25, -0.2) is 4.79 Å². The number of hydrogen-bond donors (Lipinski definition) is 0. The van der Waals surface area contributed by atoms with Gasteiger partial charge in [0.25, 0.3) is 0 Å². The fourth-order valence-corrected chi connectivity index (χ4v) is 0.796. The molecule has 1 heterocycles. The van der Waals surface area contributed by atoms with Gasteiger partial charge in [-0.3, -0.25) is 4.99 Å². The minimum absolute atomic E-state index is 0.520. The van der Waals surface area contributed by atoms with Gasteiger partial charge in [-0.2, -0.15) is 5.06 Å². The van der Waals surface area contributed by atoms with Crippen LogP contribution < -0.4 is 0 Å². The molecule has 0 aromatic rings. The van der Waals surface area contributed by atoms with E-state index in [-0.39, 0.29) is 0 Å². The predicted octanol–water partition coefficient (Wildman–Crippen LogP) is 1.20. The second kappa shape index (κ2) is 3.64. The summed E-state index contributed by atoms with van der Waals surface area (Å²) in [6.07, 6.45) is 0.782. The summed E-state index contributed by atoms with van der Waals surface area (Å²) < 4.78 is 4.94. The lowest BCUT2D eigenvalue weighted by Gasteiger charge is -2.20. The minimum atomic E-state index is -0.694. The third-order valence-electron chi connectivity index (χ3n) is 1.24. The van der Waals surface area contributed by atoms with Gasteiger partial charge in [-0.1, -0.05) is 0 Å². The molecule has 0 saturated heterocycles. The molecule has 0 spiro atoms. The number of aliphatic imine (C=N–C) groups is 1. The molecule has 0 fully saturated rings. The summed E-state index contributed by atoms with van der Waals surface area (Å²) in [5, 5.41) is 1.36. The Hall–Kier alpha value is -1.26. The summed E-state index contributed by atoms with van der Waals surface area (Å²) in [7, 11) is 0. The molecule has 0 unspecified atom stereocenters. The van der Waals surface area contributed by atoms with E-state index >= 15 is 0 Å². The standard InChI is InChI=1S/C8H14N2O3/c1-8(2,3)12-7(11)13-10-5-4-9-6-10/h6H,4-5H2,1-3H3. The summed E-state index contributed by atoms with van der Waals surface area (Å²) in [4.78, 5) is 19.8. The van der Waals surface area contributed by atoms with E-state index in [4.69, 9.17) is 9.57 Å². The maximum absolute atomic E-state index is 11.1. The molecule has 0 radical (unpaired) electrons. The van der Waals surface area contributed by atoms with E-state index in [1.165, 1.54) is 11.4 Å². The van der Waals surface area contributed by atoms with Crippen LogP contribution in [-0.2, 0) is 9.57 Å². The van der Waals surface area contributed by atoms with E-state index in [0.717, 1.165) is 0 Å². The maximum atomic E-state index is 11.1. The van der Waals surface area contributed by atoms with Gasteiger partial charge >= 0.3 is 6.16 Å². The van der Waals surface area contributed by atoms with Crippen molar-refractivity contribution in [3.63, 3.8) is 0 Å². The lowest BCUT2D eigenvalue weighted by molar-refractivity contribution is -0.0912. The van der Waals surface area contributed by atoms with Crippen LogP contribution in [0.4, 0.5) is 4.79 Å². The summed E-state index contributed by atoms with van der Waals surface area (Å²) in [5.74, 6) is 0. The SMILES string of the molecule is CC(C)(C)OC(=O)ON1C=NCC1. The van der Waals surface area contributed by atoms with Crippen LogP contribution in [0.2, 0.25) is 0 Å². The Balaban J connectivity index is 2.29. The molecule has 0 bridgehead atoms. The Morgan fingerprint density at radius 2 is 2.23 bits per heavy atom.